The maximum Gasteiger partial charge on any atom is 0.187 e. The van der Waals surface area contributed by atoms with E-state index in [4.69, 9.17) is 18.9 Å². The molecule has 34 heavy (non-hydrogen) atoms. The van der Waals surface area contributed by atoms with Crippen LogP contribution in [0.4, 0.5) is 0 Å². The molecule has 0 saturated carbocycles. The van der Waals surface area contributed by atoms with Crippen molar-refractivity contribution in [2.24, 2.45) is 5.92 Å². The second kappa shape index (κ2) is 13.2. The molecule has 0 radical (unpaired) electrons. The van der Waals surface area contributed by atoms with Gasteiger partial charge in [-0.15, -0.1) is 0 Å². The highest BCUT2D eigenvalue weighted by atomic mass is 16.7. The number of quaternary nitrogens is 1. The van der Waals surface area contributed by atoms with Crippen molar-refractivity contribution in [1.29, 1.82) is 0 Å². The van der Waals surface area contributed by atoms with Crippen LogP contribution in [-0.2, 0) is 18.9 Å². The number of hydroxylamine groups is 3. The van der Waals surface area contributed by atoms with Gasteiger partial charge in [0.1, 0.15) is 43.2 Å². The Morgan fingerprint density at radius 2 is 1.59 bits per heavy atom. The molecule has 0 spiro atoms. The summed E-state index contributed by atoms with van der Waals surface area (Å²) < 4.78 is 22.5. The number of nitrogens with zero attached hydrogens (tertiary/aromatic N) is 1. The molecule has 2 fully saturated rings. The minimum Gasteiger partial charge on any atom is -0.394 e. The van der Waals surface area contributed by atoms with E-state index in [1.165, 1.54) is 0 Å². The summed E-state index contributed by atoms with van der Waals surface area (Å²) >= 11 is 0. The van der Waals surface area contributed by atoms with E-state index < -0.39 is 67.1 Å². The number of aliphatic hydroxyl groups excluding tert-OH is 6. The summed E-state index contributed by atoms with van der Waals surface area (Å²) in [6.45, 7) is 3.48. The van der Waals surface area contributed by atoms with Crippen LogP contribution < -0.4 is 0 Å². The summed E-state index contributed by atoms with van der Waals surface area (Å²) in [6, 6.07) is 0. The summed E-state index contributed by atoms with van der Waals surface area (Å²) in [5.41, 5.74) is 0. The molecule has 12 nitrogen and oxygen atoms in total. The molecule has 0 aromatic carbocycles. The minimum atomic E-state index is -1.42. The molecule has 2 aliphatic heterocycles. The van der Waals surface area contributed by atoms with Crippen LogP contribution >= 0.6 is 0 Å². The topological polar surface area (TPSA) is 179 Å². The molecule has 0 bridgehead atoms. The molecule has 0 aliphatic carbocycles. The maximum absolute atomic E-state index is 10.6. The summed E-state index contributed by atoms with van der Waals surface area (Å²) in [4.78, 5) is 0. The first-order valence-electron chi connectivity index (χ1n) is 12.0. The number of likely N-dealkylation sites (N-methyl/N-ethyl adjacent to an activating group) is 1. The lowest BCUT2D eigenvalue weighted by Gasteiger charge is -2.46. The molecule has 202 valence electrons. The van der Waals surface area contributed by atoms with Crippen molar-refractivity contribution < 1.29 is 59.4 Å². The van der Waals surface area contributed by atoms with E-state index in [9.17, 15) is 35.8 Å². The van der Waals surface area contributed by atoms with Crippen molar-refractivity contribution in [3.63, 3.8) is 0 Å². The average molecular weight is 499 g/mol. The van der Waals surface area contributed by atoms with Gasteiger partial charge in [-0.05, 0) is 26.2 Å². The standard InChI is InChI=1S/C22H44NO11/c1-12-15(10-24)33-22(20(29)17(12)26)34-21-16(32-13(2)18(27)19(21)28)11-31-8-6-5-7-14(25)9-23(3,4)30/h12-22,24-30H,5-11H2,1-4H3/q+1. The lowest BCUT2D eigenvalue weighted by molar-refractivity contribution is -1.07. The molecule has 0 aromatic heterocycles. The SMILES string of the molecule is CC1OC(COCCCCC(O)C[N+](C)(C)O)C(OC2OC(CO)C(C)C(O)C2O)C(O)C1O. The maximum atomic E-state index is 10.6. The molecule has 7 N–H and O–H groups in total. The molecule has 12 heteroatoms. The highest BCUT2D eigenvalue weighted by Gasteiger charge is 2.49. The van der Waals surface area contributed by atoms with Crippen LogP contribution in [0.1, 0.15) is 33.1 Å². The number of hydrogen-bond acceptors (Lipinski definition) is 11. The smallest absolute Gasteiger partial charge is 0.187 e. The summed E-state index contributed by atoms with van der Waals surface area (Å²) in [7, 11) is 3.17. The molecule has 2 heterocycles. The Labute approximate surface area is 200 Å². The van der Waals surface area contributed by atoms with E-state index in [0.717, 1.165) is 0 Å². The second-order valence-corrected chi connectivity index (χ2v) is 10.1. The molecule has 2 aliphatic rings. The van der Waals surface area contributed by atoms with Gasteiger partial charge in [0.2, 0.25) is 0 Å². The molecule has 11 atom stereocenters. The van der Waals surface area contributed by atoms with Gasteiger partial charge in [-0.1, -0.05) is 6.92 Å². The summed E-state index contributed by atoms with van der Waals surface area (Å²) in [6.07, 6.45) is -8.69. The first-order valence-corrected chi connectivity index (χ1v) is 12.0. The Morgan fingerprint density at radius 1 is 0.912 bits per heavy atom. The number of hydrogen-bond donors (Lipinski definition) is 7. The highest BCUT2D eigenvalue weighted by Crippen LogP contribution is 2.31. The van der Waals surface area contributed by atoms with Gasteiger partial charge in [0.15, 0.2) is 6.29 Å². The van der Waals surface area contributed by atoms with Gasteiger partial charge in [-0.2, -0.15) is 4.65 Å². The Balaban J connectivity index is 1.89. The Bertz CT molecular complexity index is 590. The van der Waals surface area contributed by atoms with Crippen LogP contribution in [0.5, 0.6) is 0 Å². The third kappa shape index (κ3) is 8.29. The average Bonchev–Trinajstić information content (AvgIpc) is 2.75. The first-order chi connectivity index (χ1) is 15.9. The fourth-order valence-corrected chi connectivity index (χ4v) is 4.36. The fourth-order valence-electron chi connectivity index (χ4n) is 4.36. The van der Waals surface area contributed by atoms with E-state index in [1.54, 1.807) is 27.9 Å². The fraction of sp³-hybridized carbons (Fsp3) is 1.00. The third-order valence-electron chi connectivity index (χ3n) is 6.47. The van der Waals surface area contributed by atoms with Crippen molar-refractivity contribution in [2.75, 3.05) is 40.5 Å². The van der Waals surface area contributed by atoms with Crippen LogP contribution in [0.2, 0.25) is 0 Å². The quantitative estimate of drug-likeness (QED) is 0.0896. The van der Waals surface area contributed by atoms with Crippen LogP contribution in [0.15, 0.2) is 0 Å². The van der Waals surface area contributed by atoms with E-state index in [-0.39, 0.29) is 24.4 Å². The van der Waals surface area contributed by atoms with Gasteiger partial charge in [-0.25, -0.2) is 5.21 Å². The lowest BCUT2D eigenvalue weighted by atomic mass is 9.90. The molecule has 0 amide bonds. The zero-order valence-corrected chi connectivity index (χ0v) is 20.5. The van der Waals surface area contributed by atoms with Crippen molar-refractivity contribution in [1.82, 2.24) is 0 Å². The summed E-state index contributed by atoms with van der Waals surface area (Å²) in [5, 5.41) is 70.7. The van der Waals surface area contributed by atoms with E-state index in [1.807, 2.05) is 0 Å². The normalized spacial score (nSPS) is 40.3. The van der Waals surface area contributed by atoms with Crippen LogP contribution in [0, 0.1) is 5.92 Å². The van der Waals surface area contributed by atoms with Gasteiger partial charge < -0.3 is 49.6 Å². The van der Waals surface area contributed by atoms with E-state index in [0.29, 0.717) is 25.9 Å². The number of rotatable bonds is 12. The van der Waals surface area contributed by atoms with Gasteiger partial charge in [0.25, 0.3) is 0 Å². The van der Waals surface area contributed by atoms with Crippen LogP contribution in [0.3, 0.4) is 0 Å². The molecule has 11 unspecified atom stereocenters. The van der Waals surface area contributed by atoms with Gasteiger partial charge in [0, 0.05) is 12.5 Å². The van der Waals surface area contributed by atoms with E-state index in [2.05, 4.69) is 0 Å². The third-order valence-corrected chi connectivity index (χ3v) is 6.47. The Hall–Kier alpha value is -0.480. The highest BCUT2D eigenvalue weighted by molar-refractivity contribution is 4.94. The predicted octanol–water partition coefficient (Wildman–Crippen LogP) is -2.03. The van der Waals surface area contributed by atoms with Crippen molar-refractivity contribution in [3.8, 4) is 0 Å². The predicted molar refractivity (Wildman–Crippen MR) is 118 cm³/mol. The first kappa shape index (κ1) is 29.7. The number of unbranched alkanes of at least 4 members (excludes halogenated alkanes) is 1. The van der Waals surface area contributed by atoms with E-state index >= 15 is 0 Å². The zero-order chi connectivity index (χ0) is 25.6. The molecule has 2 rings (SSSR count). The monoisotopic (exact) mass is 498 g/mol. The van der Waals surface area contributed by atoms with Gasteiger partial charge in [0.05, 0.1) is 45.6 Å². The molecule has 0 aromatic rings. The number of aliphatic hydroxyl groups is 6. The zero-order valence-electron chi connectivity index (χ0n) is 20.5. The van der Waals surface area contributed by atoms with Crippen molar-refractivity contribution in [3.05, 3.63) is 0 Å². The minimum absolute atomic E-state index is 0.0348. The van der Waals surface area contributed by atoms with Crippen LogP contribution in [-0.4, -0.2) is 142 Å². The molecular formula is C22H44NO11+. The van der Waals surface area contributed by atoms with Crippen molar-refractivity contribution >= 4 is 0 Å². The Morgan fingerprint density at radius 3 is 2.21 bits per heavy atom. The van der Waals surface area contributed by atoms with Crippen molar-refractivity contribution in [2.45, 2.75) is 94.3 Å². The number of ether oxygens (including phenoxy) is 4. The second-order valence-electron chi connectivity index (χ2n) is 10.1. The summed E-state index contributed by atoms with van der Waals surface area (Å²) in [5.74, 6) is -0.530. The molecule has 2 saturated heterocycles. The van der Waals surface area contributed by atoms with Gasteiger partial charge in [-0.3, -0.25) is 0 Å². The van der Waals surface area contributed by atoms with Gasteiger partial charge >= 0.3 is 0 Å². The lowest BCUT2D eigenvalue weighted by Crippen LogP contribution is -2.63. The Kier molecular flexibility index (Phi) is 11.5. The van der Waals surface area contributed by atoms with Crippen LogP contribution in [0.25, 0.3) is 0 Å². The largest absolute Gasteiger partial charge is 0.394 e. The molecular weight excluding hydrogens is 454 g/mol.